The molecule has 2 aromatic rings. The minimum atomic E-state index is 0.149. The number of hydrogen-bond acceptors (Lipinski definition) is 6. The molecule has 27 heavy (non-hydrogen) atoms. The number of carbonyl (C=O) groups excluding carboxylic acids is 1. The summed E-state index contributed by atoms with van der Waals surface area (Å²) in [7, 11) is 0. The van der Waals surface area contributed by atoms with Crippen molar-refractivity contribution in [2.45, 2.75) is 46.0 Å². The summed E-state index contributed by atoms with van der Waals surface area (Å²) in [5.74, 6) is 3.55. The van der Waals surface area contributed by atoms with Crippen LogP contribution in [0.15, 0.2) is 24.4 Å². The van der Waals surface area contributed by atoms with Crippen LogP contribution in [0, 0.1) is 19.8 Å². The molecule has 7 heteroatoms. The molecule has 0 atom stereocenters. The van der Waals surface area contributed by atoms with Crippen LogP contribution in [-0.2, 0) is 4.79 Å². The van der Waals surface area contributed by atoms with Gasteiger partial charge in [0.1, 0.15) is 23.3 Å². The van der Waals surface area contributed by atoms with E-state index in [0.29, 0.717) is 37.1 Å². The molecule has 1 aliphatic rings. The van der Waals surface area contributed by atoms with E-state index < -0.39 is 0 Å². The highest BCUT2D eigenvalue weighted by Crippen LogP contribution is 2.27. The maximum absolute atomic E-state index is 12.0. The summed E-state index contributed by atoms with van der Waals surface area (Å²) in [5, 5.41) is 9.43. The topological polar surface area (TPSA) is 91.8 Å². The van der Waals surface area contributed by atoms with Crippen molar-refractivity contribution in [1.29, 1.82) is 0 Å². The number of rotatable bonds is 8. The zero-order chi connectivity index (χ0) is 19.1. The number of amides is 1. The van der Waals surface area contributed by atoms with Gasteiger partial charge < -0.3 is 16.0 Å². The number of aryl methyl sites for hydroxylation is 2. The Morgan fingerprint density at radius 1 is 1.07 bits per heavy atom. The lowest BCUT2D eigenvalue weighted by atomic mass is 10.0. The second kappa shape index (κ2) is 9.30. The molecule has 1 amide bonds. The molecule has 1 aliphatic carbocycles. The van der Waals surface area contributed by atoms with Gasteiger partial charge in [0.15, 0.2) is 0 Å². The average Bonchev–Trinajstić information content (AvgIpc) is 3.11. The molecule has 0 spiro atoms. The predicted molar refractivity (Wildman–Crippen MR) is 107 cm³/mol. The van der Waals surface area contributed by atoms with Gasteiger partial charge in [-0.25, -0.2) is 15.0 Å². The maximum atomic E-state index is 12.0. The first-order valence-electron chi connectivity index (χ1n) is 9.64. The Hall–Kier alpha value is -2.70. The van der Waals surface area contributed by atoms with Crippen LogP contribution in [0.3, 0.4) is 0 Å². The minimum Gasteiger partial charge on any atom is -0.368 e. The van der Waals surface area contributed by atoms with Crippen molar-refractivity contribution in [3.8, 4) is 0 Å². The van der Waals surface area contributed by atoms with Gasteiger partial charge in [-0.05, 0) is 50.3 Å². The molecule has 144 valence electrons. The molecule has 0 radical (unpaired) electrons. The zero-order valence-corrected chi connectivity index (χ0v) is 16.1. The molecule has 0 aromatic carbocycles. The highest BCUT2D eigenvalue weighted by Gasteiger charge is 2.17. The van der Waals surface area contributed by atoms with Crippen LogP contribution in [0.2, 0.25) is 0 Å². The van der Waals surface area contributed by atoms with Crippen molar-refractivity contribution in [3.05, 3.63) is 35.8 Å². The van der Waals surface area contributed by atoms with E-state index in [1.165, 1.54) is 25.7 Å². The lowest BCUT2D eigenvalue weighted by Gasteiger charge is -2.12. The highest BCUT2D eigenvalue weighted by atomic mass is 16.1. The molecule has 0 bridgehead atoms. The number of nitrogens with zero attached hydrogens (tertiary/aromatic N) is 3. The van der Waals surface area contributed by atoms with Gasteiger partial charge in [0.05, 0.1) is 0 Å². The van der Waals surface area contributed by atoms with E-state index in [9.17, 15) is 4.79 Å². The van der Waals surface area contributed by atoms with Crippen LogP contribution in [0.25, 0.3) is 0 Å². The van der Waals surface area contributed by atoms with Gasteiger partial charge in [-0.3, -0.25) is 4.79 Å². The molecule has 2 aromatic heterocycles. The monoisotopic (exact) mass is 368 g/mol. The number of aromatic nitrogens is 3. The second-order valence-electron chi connectivity index (χ2n) is 7.16. The SMILES string of the molecule is Cc1ccnc(Nc2cc(NCCNC(=O)CC3CCCC3)nc(C)n2)c1. The third kappa shape index (κ3) is 6.20. The molecule has 0 saturated heterocycles. The Morgan fingerprint density at radius 2 is 1.85 bits per heavy atom. The number of hydrogen-bond donors (Lipinski definition) is 3. The minimum absolute atomic E-state index is 0.149. The van der Waals surface area contributed by atoms with E-state index in [0.717, 1.165) is 17.2 Å². The van der Waals surface area contributed by atoms with Gasteiger partial charge in [0, 0.05) is 31.8 Å². The average molecular weight is 368 g/mol. The van der Waals surface area contributed by atoms with E-state index >= 15 is 0 Å². The Balaban J connectivity index is 1.47. The van der Waals surface area contributed by atoms with Gasteiger partial charge in [-0.1, -0.05) is 12.8 Å². The van der Waals surface area contributed by atoms with E-state index in [-0.39, 0.29) is 5.91 Å². The Bertz CT molecular complexity index is 773. The summed E-state index contributed by atoms with van der Waals surface area (Å²) in [6, 6.07) is 5.76. The first-order chi connectivity index (χ1) is 13.1. The summed E-state index contributed by atoms with van der Waals surface area (Å²) in [5.41, 5.74) is 1.13. The van der Waals surface area contributed by atoms with E-state index in [1.54, 1.807) is 6.20 Å². The quantitative estimate of drug-likeness (QED) is 0.619. The van der Waals surface area contributed by atoms with E-state index in [1.807, 2.05) is 32.0 Å². The summed E-state index contributed by atoms with van der Waals surface area (Å²) in [6.45, 7) is 5.07. The molecule has 1 saturated carbocycles. The fourth-order valence-electron chi connectivity index (χ4n) is 3.40. The first kappa shape index (κ1) is 19.1. The molecule has 1 fully saturated rings. The van der Waals surface area contributed by atoms with Crippen molar-refractivity contribution in [1.82, 2.24) is 20.3 Å². The van der Waals surface area contributed by atoms with Gasteiger partial charge in [0.2, 0.25) is 5.91 Å². The van der Waals surface area contributed by atoms with Crippen LogP contribution in [0.1, 0.15) is 43.5 Å². The number of pyridine rings is 1. The third-order valence-electron chi connectivity index (χ3n) is 4.71. The summed E-state index contributed by atoms with van der Waals surface area (Å²) in [4.78, 5) is 25.1. The van der Waals surface area contributed by atoms with Gasteiger partial charge in [0.25, 0.3) is 0 Å². The van der Waals surface area contributed by atoms with Crippen LogP contribution < -0.4 is 16.0 Å². The van der Waals surface area contributed by atoms with Crippen molar-refractivity contribution < 1.29 is 4.79 Å². The molecular formula is C20H28N6O. The summed E-state index contributed by atoms with van der Waals surface area (Å²) >= 11 is 0. The fraction of sp³-hybridized carbons (Fsp3) is 0.500. The van der Waals surface area contributed by atoms with Gasteiger partial charge >= 0.3 is 0 Å². The Kier molecular flexibility index (Phi) is 6.57. The fourth-order valence-corrected chi connectivity index (χ4v) is 3.40. The van der Waals surface area contributed by atoms with Crippen molar-refractivity contribution in [2.24, 2.45) is 5.92 Å². The van der Waals surface area contributed by atoms with Crippen molar-refractivity contribution >= 4 is 23.4 Å². The van der Waals surface area contributed by atoms with Crippen LogP contribution >= 0.6 is 0 Å². The van der Waals surface area contributed by atoms with Gasteiger partial charge in [-0.2, -0.15) is 0 Å². The van der Waals surface area contributed by atoms with E-state index in [4.69, 9.17) is 0 Å². The molecule has 0 aliphatic heterocycles. The van der Waals surface area contributed by atoms with Crippen molar-refractivity contribution in [2.75, 3.05) is 23.7 Å². The predicted octanol–water partition coefficient (Wildman–Crippen LogP) is 3.34. The molecule has 3 N–H and O–H groups in total. The third-order valence-corrected chi connectivity index (χ3v) is 4.71. The molecular weight excluding hydrogens is 340 g/mol. The van der Waals surface area contributed by atoms with Gasteiger partial charge in [-0.15, -0.1) is 0 Å². The number of nitrogens with one attached hydrogen (secondary N) is 3. The van der Waals surface area contributed by atoms with E-state index in [2.05, 4.69) is 30.9 Å². The second-order valence-corrected chi connectivity index (χ2v) is 7.16. The standard InChI is InChI=1S/C20H28N6O/c1-14-7-8-21-17(11-14)26-19-13-18(24-15(2)25-19)22-9-10-23-20(27)12-16-5-3-4-6-16/h7-8,11,13,16H,3-6,9-10,12H2,1-2H3,(H,23,27)(H2,21,22,24,25,26). The van der Waals surface area contributed by atoms with Crippen LogP contribution in [0.4, 0.5) is 17.5 Å². The normalized spacial score (nSPS) is 14.1. The first-order valence-corrected chi connectivity index (χ1v) is 9.64. The Labute approximate surface area is 160 Å². The molecule has 2 heterocycles. The maximum Gasteiger partial charge on any atom is 0.220 e. The summed E-state index contributed by atoms with van der Waals surface area (Å²) in [6.07, 6.45) is 7.33. The lowest BCUT2D eigenvalue weighted by Crippen LogP contribution is -2.30. The lowest BCUT2D eigenvalue weighted by molar-refractivity contribution is -0.121. The molecule has 0 unspecified atom stereocenters. The van der Waals surface area contributed by atoms with Crippen LogP contribution in [0.5, 0.6) is 0 Å². The number of carbonyl (C=O) groups is 1. The largest absolute Gasteiger partial charge is 0.368 e. The molecule has 3 rings (SSSR count). The zero-order valence-electron chi connectivity index (χ0n) is 16.1. The molecule has 7 nitrogen and oxygen atoms in total. The summed E-state index contributed by atoms with van der Waals surface area (Å²) < 4.78 is 0. The highest BCUT2D eigenvalue weighted by molar-refractivity contribution is 5.76. The van der Waals surface area contributed by atoms with Crippen molar-refractivity contribution in [3.63, 3.8) is 0 Å². The van der Waals surface area contributed by atoms with Crippen LogP contribution in [-0.4, -0.2) is 33.9 Å². The Morgan fingerprint density at radius 3 is 2.63 bits per heavy atom. The smallest absolute Gasteiger partial charge is 0.220 e. The number of anilines is 3.